The van der Waals surface area contributed by atoms with Gasteiger partial charge in [-0.2, -0.15) is 0 Å². The van der Waals surface area contributed by atoms with Crippen LogP contribution in [0.3, 0.4) is 0 Å². The molecule has 1 aliphatic carbocycles. The Morgan fingerprint density at radius 2 is 1.88 bits per heavy atom. The maximum absolute atomic E-state index is 5.18. The lowest BCUT2D eigenvalue weighted by Crippen LogP contribution is -2.20. The molecule has 88 valence electrons. The normalized spacial score (nSPS) is 23.9. The van der Waals surface area contributed by atoms with Crippen molar-refractivity contribution in [1.82, 2.24) is 5.32 Å². The van der Waals surface area contributed by atoms with E-state index in [9.17, 15) is 0 Å². The third-order valence-corrected chi connectivity index (χ3v) is 3.78. The van der Waals surface area contributed by atoms with Crippen LogP contribution >= 0.6 is 0 Å². The lowest BCUT2D eigenvalue weighted by atomic mass is 9.97. The van der Waals surface area contributed by atoms with Gasteiger partial charge >= 0.3 is 0 Å². The molecule has 1 saturated carbocycles. The van der Waals surface area contributed by atoms with Crippen molar-refractivity contribution in [3.05, 3.63) is 29.8 Å². The Balaban J connectivity index is 2.15. The minimum absolute atomic E-state index is 0.473. The third kappa shape index (κ3) is 2.07. The van der Waals surface area contributed by atoms with Crippen molar-refractivity contribution in [3.8, 4) is 5.75 Å². The summed E-state index contributed by atoms with van der Waals surface area (Å²) in [4.78, 5) is 0. The molecule has 1 aromatic rings. The Kier molecular flexibility index (Phi) is 2.94. The van der Waals surface area contributed by atoms with Crippen LogP contribution in [0.25, 0.3) is 0 Å². The number of benzene rings is 1. The van der Waals surface area contributed by atoms with Gasteiger partial charge in [0.1, 0.15) is 5.75 Å². The molecule has 0 heterocycles. The molecule has 0 bridgehead atoms. The first-order valence-corrected chi connectivity index (χ1v) is 5.89. The predicted octanol–water partition coefficient (Wildman–Crippen LogP) is 3.00. The van der Waals surface area contributed by atoms with Crippen LogP contribution in [0.2, 0.25) is 0 Å². The third-order valence-electron chi connectivity index (χ3n) is 3.78. The van der Waals surface area contributed by atoms with Gasteiger partial charge in [-0.1, -0.05) is 26.0 Å². The van der Waals surface area contributed by atoms with Gasteiger partial charge in [0.2, 0.25) is 0 Å². The van der Waals surface area contributed by atoms with Crippen LogP contribution < -0.4 is 10.1 Å². The predicted molar refractivity (Wildman–Crippen MR) is 66.7 cm³/mol. The van der Waals surface area contributed by atoms with E-state index in [-0.39, 0.29) is 0 Å². The Morgan fingerprint density at radius 3 is 2.25 bits per heavy atom. The van der Waals surface area contributed by atoms with Crippen LogP contribution in [0, 0.1) is 11.3 Å². The lowest BCUT2D eigenvalue weighted by Gasteiger charge is -2.18. The molecule has 2 atom stereocenters. The van der Waals surface area contributed by atoms with Crippen LogP contribution in [0.15, 0.2) is 24.3 Å². The van der Waals surface area contributed by atoms with Crippen LogP contribution in [0.1, 0.15) is 31.9 Å². The zero-order chi connectivity index (χ0) is 11.8. The Morgan fingerprint density at radius 1 is 1.31 bits per heavy atom. The van der Waals surface area contributed by atoms with Gasteiger partial charge in [0.15, 0.2) is 0 Å². The minimum atomic E-state index is 0.473. The summed E-state index contributed by atoms with van der Waals surface area (Å²) in [6, 6.07) is 8.87. The molecular formula is C14H21NO. The van der Waals surface area contributed by atoms with Gasteiger partial charge in [-0.05, 0) is 42.5 Å². The summed E-state index contributed by atoms with van der Waals surface area (Å²) < 4.78 is 5.18. The Hall–Kier alpha value is -1.02. The van der Waals surface area contributed by atoms with Crippen molar-refractivity contribution in [2.75, 3.05) is 14.2 Å². The molecule has 2 heteroatoms. The van der Waals surface area contributed by atoms with Crippen molar-refractivity contribution >= 4 is 0 Å². The SMILES string of the molecule is CNC(c1ccc(OC)cc1)C1CC1(C)C. The Labute approximate surface area is 98.0 Å². The van der Waals surface area contributed by atoms with Gasteiger partial charge in [-0.15, -0.1) is 0 Å². The minimum Gasteiger partial charge on any atom is -0.497 e. The van der Waals surface area contributed by atoms with Crippen LogP contribution in [0.4, 0.5) is 0 Å². The van der Waals surface area contributed by atoms with E-state index in [1.807, 2.05) is 19.2 Å². The quantitative estimate of drug-likeness (QED) is 0.840. The summed E-state index contributed by atoms with van der Waals surface area (Å²) in [5, 5.41) is 3.43. The number of hydrogen-bond acceptors (Lipinski definition) is 2. The number of hydrogen-bond donors (Lipinski definition) is 1. The second-order valence-electron chi connectivity index (χ2n) is 5.34. The number of rotatable bonds is 4. The van der Waals surface area contributed by atoms with Crippen molar-refractivity contribution in [2.45, 2.75) is 26.3 Å². The topological polar surface area (TPSA) is 21.3 Å². The van der Waals surface area contributed by atoms with Gasteiger partial charge in [0.05, 0.1) is 7.11 Å². The second kappa shape index (κ2) is 4.10. The average molecular weight is 219 g/mol. The van der Waals surface area contributed by atoms with E-state index in [1.165, 1.54) is 12.0 Å². The summed E-state index contributed by atoms with van der Waals surface area (Å²) in [6.07, 6.45) is 1.31. The number of nitrogens with one attached hydrogen (secondary N) is 1. The first-order chi connectivity index (χ1) is 7.58. The zero-order valence-electron chi connectivity index (χ0n) is 10.6. The standard InChI is InChI=1S/C14H21NO/c1-14(2)9-12(14)13(15-3)10-5-7-11(16-4)8-6-10/h5-8,12-13,15H,9H2,1-4H3. The molecule has 2 rings (SSSR count). The van der Waals surface area contributed by atoms with E-state index in [0.29, 0.717) is 11.5 Å². The molecule has 1 aromatic carbocycles. The maximum atomic E-state index is 5.18. The molecule has 1 aliphatic rings. The Bertz CT molecular complexity index is 356. The van der Waals surface area contributed by atoms with Crippen LogP contribution in [0.5, 0.6) is 5.75 Å². The van der Waals surface area contributed by atoms with E-state index in [0.717, 1.165) is 11.7 Å². The summed E-state index contributed by atoms with van der Waals surface area (Å²) in [7, 11) is 3.75. The number of methoxy groups -OCH3 is 1. The molecule has 0 aromatic heterocycles. The van der Waals surface area contributed by atoms with Crippen LogP contribution in [-0.4, -0.2) is 14.2 Å². The first kappa shape index (κ1) is 11.5. The maximum Gasteiger partial charge on any atom is 0.118 e. The van der Waals surface area contributed by atoms with Gasteiger partial charge in [-0.25, -0.2) is 0 Å². The van der Waals surface area contributed by atoms with E-state index in [1.54, 1.807) is 7.11 Å². The molecule has 16 heavy (non-hydrogen) atoms. The molecular weight excluding hydrogens is 198 g/mol. The van der Waals surface area contributed by atoms with Gasteiger partial charge < -0.3 is 10.1 Å². The molecule has 1 N–H and O–H groups in total. The first-order valence-electron chi connectivity index (χ1n) is 5.89. The van der Waals surface area contributed by atoms with Gasteiger partial charge in [-0.3, -0.25) is 0 Å². The van der Waals surface area contributed by atoms with Gasteiger partial charge in [0.25, 0.3) is 0 Å². The molecule has 0 spiro atoms. The van der Waals surface area contributed by atoms with E-state index < -0.39 is 0 Å². The highest BCUT2D eigenvalue weighted by Gasteiger charge is 2.49. The zero-order valence-corrected chi connectivity index (χ0v) is 10.6. The van der Waals surface area contributed by atoms with Crippen molar-refractivity contribution < 1.29 is 4.74 Å². The molecule has 1 fully saturated rings. The van der Waals surface area contributed by atoms with E-state index in [2.05, 4.69) is 31.3 Å². The van der Waals surface area contributed by atoms with Crippen molar-refractivity contribution in [2.24, 2.45) is 11.3 Å². The van der Waals surface area contributed by atoms with E-state index in [4.69, 9.17) is 4.74 Å². The van der Waals surface area contributed by atoms with Crippen molar-refractivity contribution in [3.63, 3.8) is 0 Å². The summed E-state index contributed by atoms with van der Waals surface area (Å²) in [5.74, 6) is 1.68. The summed E-state index contributed by atoms with van der Waals surface area (Å²) in [6.45, 7) is 4.68. The monoisotopic (exact) mass is 219 g/mol. The van der Waals surface area contributed by atoms with Gasteiger partial charge in [0, 0.05) is 6.04 Å². The smallest absolute Gasteiger partial charge is 0.118 e. The highest BCUT2D eigenvalue weighted by Crippen LogP contribution is 2.57. The van der Waals surface area contributed by atoms with Crippen LogP contribution in [-0.2, 0) is 0 Å². The second-order valence-corrected chi connectivity index (χ2v) is 5.34. The highest BCUT2D eigenvalue weighted by atomic mass is 16.5. The van der Waals surface area contributed by atoms with Crippen molar-refractivity contribution in [1.29, 1.82) is 0 Å². The molecule has 2 unspecified atom stereocenters. The largest absolute Gasteiger partial charge is 0.497 e. The van der Waals surface area contributed by atoms with E-state index >= 15 is 0 Å². The summed E-state index contributed by atoms with van der Waals surface area (Å²) in [5.41, 5.74) is 1.85. The molecule has 0 saturated heterocycles. The molecule has 2 nitrogen and oxygen atoms in total. The molecule has 0 radical (unpaired) electrons. The summed E-state index contributed by atoms with van der Waals surface area (Å²) >= 11 is 0. The molecule has 0 amide bonds. The molecule has 0 aliphatic heterocycles. The fourth-order valence-corrected chi connectivity index (χ4v) is 2.49. The average Bonchev–Trinajstić information content (AvgIpc) is 2.90. The lowest BCUT2D eigenvalue weighted by molar-refractivity contribution is 0.412. The fourth-order valence-electron chi connectivity index (χ4n) is 2.49. The fraction of sp³-hybridized carbons (Fsp3) is 0.571. The highest BCUT2D eigenvalue weighted by molar-refractivity contribution is 5.30. The number of ether oxygens (including phenoxy) is 1.